The van der Waals surface area contributed by atoms with Crippen LogP contribution in [0.15, 0.2) is 60.7 Å². The van der Waals surface area contributed by atoms with Gasteiger partial charge in [0.25, 0.3) is 0 Å². The van der Waals surface area contributed by atoms with E-state index >= 15 is 0 Å². The van der Waals surface area contributed by atoms with Crippen LogP contribution in [0.2, 0.25) is 0 Å². The van der Waals surface area contributed by atoms with Crippen LogP contribution in [0.1, 0.15) is 70.9 Å². The molecule has 1 fully saturated rings. The van der Waals surface area contributed by atoms with Crippen LogP contribution in [0.4, 0.5) is 0 Å². The number of hydrogen-bond donors (Lipinski definition) is 3. The molecule has 45 heavy (non-hydrogen) atoms. The van der Waals surface area contributed by atoms with Crippen molar-refractivity contribution in [3.8, 4) is 0 Å². The summed E-state index contributed by atoms with van der Waals surface area (Å²) in [5, 5.41) is 8.88. The summed E-state index contributed by atoms with van der Waals surface area (Å²) in [6.07, 6.45) is 4.13. The zero-order chi connectivity index (χ0) is 32.8. The van der Waals surface area contributed by atoms with Crippen molar-refractivity contribution in [2.45, 2.75) is 90.8 Å². The molecule has 0 bridgehead atoms. The maximum Gasteiger partial charge on any atom is 0.246 e. The lowest BCUT2D eigenvalue weighted by Gasteiger charge is -2.37. The Balaban J connectivity index is 1.62. The molecule has 0 aromatic heterocycles. The number of likely N-dealkylation sites (tertiary alicyclic amines) is 1. The van der Waals surface area contributed by atoms with Gasteiger partial charge in [-0.1, -0.05) is 81.4 Å². The Morgan fingerprint density at radius 3 is 2.16 bits per heavy atom. The summed E-state index contributed by atoms with van der Waals surface area (Å²) >= 11 is 0. The Kier molecular flexibility index (Phi) is 14.1. The smallest absolute Gasteiger partial charge is 0.246 e. The molecule has 0 saturated carbocycles. The first-order valence-electron chi connectivity index (χ1n) is 16.4. The van der Waals surface area contributed by atoms with Gasteiger partial charge in [0.15, 0.2) is 0 Å². The monoisotopic (exact) mass is 619 g/mol. The molecule has 9 heteroatoms. The van der Waals surface area contributed by atoms with Gasteiger partial charge in [0.1, 0.15) is 6.04 Å². The highest BCUT2D eigenvalue weighted by molar-refractivity contribution is 5.90. The van der Waals surface area contributed by atoms with Crippen molar-refractivity contribution in [2.24, 2.45) is 5.41 Å². The molecule has 2 aromatic carbocycles. The van der Waals surface area contributed by atoms with E-state index in [1.165, 1.54) is 5.56 Å². The number of nitrogens with one attached hydrogen (secondary N) is 3. The van der Waals surface area contributed by atoms with Gasteiger partial charge < -0.3 is 25.8 Å². The Morgan fingerprint density at radius 1 is 0.933 bits per heavy atom. The van der Waals surface area contributed by atoms with E-state index in [9.17, 15) is 19.2 Å². The second-order valence-electron chi connectivity index (χ2n) is 13.2. The first kappa shape index (κ1) is 35.8. The van der Waals surface area contributed by atoms with E-state index < -0.39 is 17.5 Å². The third-order valence-corrected chi connectivity index (χ3v) is 8.56. The largest absolute Gasteiger partial charge is 0.356 e. The molecule has 1 aliphatic rings. The summed E-state index contributed by atoms with van der Waals surface area (Å²) in [7, 11) is 1.72. The van der Waals surface area contributed by atoms with Crippen LogP contribution < -0.4 is 16.0 Å². The van der Waals surface area contributed by atoms with Gasteiger partial charge in [0, 0.05) is 45.1 Å². The van der Waals surface area contributed by atoms with Gasteiger partial charge in [0.2, 0.25) is 23.6 Å². The van der Waals surface area contributed by atoms with E-state index in [4.69, 9.17) is 0 Å². The van der Waals surface area contributed by atoms with Crippen LogP contribution in [0.3, 0.4) is 0 Å². The first-order valence-corrected chi connectivity index (χ1v) is 16.4. The molecule has 3 N–H and O–H groups in total. The van der Waals surface area contributed by atoms with Gasteiger partial charge in [-0.2, -0.15) is 0 Å². The molecule has 3 rings (SSSR count). The van der Waals surface area contributed by atoms with Gasteiger partial charge >= 0.3 is 0 Å². The predicted molar refractivity (Wildman–Crippen MR) is 178 cm³/mol. The quantitative estimate of drug-likeness (QED) is 0.265. The molecule has 1 heterocycles. The number of likely N-dealkylation sites (N-methyl/N-ethyl adjacent to an activating group) is 1. The molecule has 246 valence electrons. The fraction of sp³-hybridized carbons (Fsp3) is 0.556. The Labute approximate surface area is 269 Å². The molecule has 0 radical (unpaired) electrons. The van der Waals surface area contributed by atoms with Crippen LogP contribution in [0.5, 0.6) is 0 Å². The molecule has 1 saturated heterocycles. The minimum absolute atomic E-state index is 0.00849. The zero-order valence-electron chi connectivity index (χ0n) is 27.8. The molecule has 1 unspecified atom stereocenters. The van der Waals surface area contributed by atoms with Gasteiger partial charge in [-0.25, -0.2) is 0 Å². The normalized spacial score (nSPS) is 16.1. The molecular weight excluding hydrogens is 566 g/mol. The van der Waals surface area contributed by atoms with Gasteiger partial charge in [0.05, 0.1) is 6.04 Å². The van der Waals surface area contributed by atoms with Crippen molar-refractivity contribution >= 4 is 23.6 Å². The van der Waals surface area contributed by atoms with Crippen molar-refractivity contribution in [1.29, 1.82) is 0 Å². The second kappa shape index (κ2) is 17.7. The van der Waals surface area contributed by atoms with E-state index in [0.29, 0.717) is 45.4 Å². The van der Waals surface area contributed by atoms with Gasteiger partial charge in [-0.15, -0.1) is 0 Å². The molecule has 4 amide bonds. The number of nitrogens with zero attached hydrogens (tertiary/aromatic N) is 2. The second-order valence-corrected chi connectivity index (χ2v) is 13.2. The van der Waals surface area contributed by atoms with Crippen molar-refractivity contribution < 1.29 is 19.2 Å². The topological polar surface area (TPSA) is 111 Å². The number of benzene rings is 2. The van der Waals surface area contributed by atoms with E-state index in [0.717, 1.165) is 24.8 Å². The molecule has 2 aromatic rings. The Morgan fingerprint density at radius 2 is 1.56 bits per heavy atom. The average molecular weight is 620 g/mol. The summed E-state index contributed by atoms with van der Waals surface area (Å²) < 4.78 is 0. The standard InChI is InChI=1S/C36H53N5O4/c1-27(37-5)34(44)39-33(36(2,3)4)35(45)41-24-13-18-30(41)26-40(25-22-29-16-10-7-11-17-29)32(43)20-12-19-31(42)38-23-21-28-14-8-6-9-15-28/h6-11,14-17,27,30,33,37H,12-13,18-26H2,1-5H3,(H,38,42)(H,39,44)/t27-,30?,33+/m0/s1. The highest BCUT2D eigenvalue weighted by Crippen LogP contribution is 2.26. The average Bonchev–Trinajstić information content (AvgIpc) is 3.49. The van der Waals surface area contributed by atoms with E-state index in [1.807, 2.05) is 79.1 Å². The number of hydrogen-bond acceptors (Lipinski definition) is 5. The van der Waals surface area contributed by atoms with Gasteiger partial charge in [-0.3, -0.25) is 19.2 Å². The number of amides is 4. The maximum absolute atomic E-state index is 13.9. The minimum Gasteiger partial charge on any atom is -0.356 e. The molecular formula is C36H53N5O4. The molecule has 3 atom stereocenters. The zero-order valence-corrected chi connectivity index (χ0v) is 27.8. The van der Waals surface area contributed by atoms with Crippen LogP contribution in [-0.2, 0) is 32.0 Å². The summed E-state index contributed by atoms with van der Waals surface area (Å²) in [6.45, 7) is 9.76. The molecule has 1 aliphatic heterocycles. The third kappa shape index (κ3) is 11.6. The van der Waals surface area contributed by atoms with Crippen LogP contribution >= 0.6 is 0 Å². The fourth-order valence-electron chi connectivity index (χ4n) is 5.65. The van der Waals surface area contributed by atoms with Crippen LogP contribution in [-0.4, -0.2) is 84.8 Å². The Bertz CT molecular complexity index is 1230. The van der Waals surface area contributed by atoms with E-state index in [-0.39, 0.29) is 36.1 Å². The van der Waals surface area contributed by atoms with Crippen molar-refractivity contribution in [2.75, 3.05) is 33.2 Å². The van der Waals surface area contributed by atoms with Crippen molar-refractivity contribution in [1.82, 2.24) is 25.8 Å². The summed E-state index contributed by atoms with van der Waals surface area (Å²) in [5.41, 5.74) is 1.82. The minimum atomic E-state index is -0.685. The third-order valence-electron chi connectivity index (χ3n) is 8.56. The molecule has 0 spiro atoms. The lowest BCUT2D eigenvalue weighted by molar-refractivity contribution is -0.142. The van der Waals surface area contributed by atoms with Crippen molar-refractivity contribution in [3.63, 3.8) is 0 Å². The molecule has 0 aliphatic carbocycles. The Hall–Kier alpha value is -3.72. The highest BCUT2D eigenvalue weighted by atomic mass is 16.2. The maximum atomic E-state index is 13.9. The number of rotatable bonds is 16. The number of carbonyl (C=O) groups excluding carboxylic acids is 4. The highest BCUT2D eigenvalue weighted by Gasteiger charge is 2.40. The first-order chi connectivity index (χ1) is 21.5. The van der Waals surface area contributed by atoms with E-state index in [2.05, 4.69) is 28.1 Å². The van der Waals surface area contributed by atoms with Crippen molar-refractivity contribution in [3.05, 3.63) is 71.8 Å². The SMILES string of the molecule is CN[C@@H](C)C(=O)N[C@H](C(=O)N1CCCC1CN(CCc1ccccc1)C(=O)CCCC(=O)NCCc1ccccc1)C(C)(C)C. The summed E-state index contributed by atoms with van der Waals surface area (Å²) in [5.74, 6) is -0.384. The van der Waals surface area contributed by atoms with Gasteiger partial charge in [-0.05, 0) is 62.6 Å². The fourth-order valence-corrected chi connectivity index (χ4v) is 5.65. The molecule has 9 nitrogen and oxygen atoms in total. The number of carbonyl (C=O) groups is 4. The predicted octanol–water partition coefficient (Wildman–Crippen LogP) is 3.72. The summed E-state index contributed by atoms with van der Waals surface area (Å²) in [4.78, 5) is 56.5. The van der Waals surface area contributed by atoms with E-state index in [1.54, 1.807) is 14.0 Å². The lowest BCUT2D eigenvalue weighted by atomic mass is 9.85. The lowest BCUT2D eigenvalue weighted by Crippen LogP contribution is -2.59. The van der Waals surface area contributed by atoms with Crippen LogP contribution in [0, 0.1) is 5.41 Å². The summed E-state index contributed by atoms with van der Waals surface area (Å²) in [6, 6.07) is 18.8. The van der Waals surface area contributed by atoms with Crippen LogP contribution in [0.25, 0.3) is 0 Å².